The summed E-state index contributed by atoms with van der Waals surface area (Å²) < 4.78 is 0. The number of amides is 5. The lowest BCUT2D eigenvalue weighted by Gasteiger charge is -2.19. The molecule has 0 saturated carbocycles. The van der Waals surface area contributed by atoms with E-state index in [1.807, 2.05) is 20.8 Å². The Bertz CT molecular complexity index is 799. The molecule has 212 valence electrons. The van der Waals surface area contributed by atoms with Crippen LogP contribution in [0, 0.1) is 5.41 Å². The van der Waals surface area contributed by atoms with E-state index in [2.05, 4.69) is 22.5 Å². The molecule has 0 atom stereocenters. The van der Waals surface area contributed by atoms with Gasteiger partial charge in [-0.1, -0.05) is 27.4 Å². The summed E-state index contributed by atoms with van der Waals surface area (Å²) in [5, 5.41) is 37.9. The third kappa shape index (κ3) is 16.2. The van der Waals surface area contributed by atoms with Crippen LogP contribution in [0.5, 0.6) is 0 Å². The Morgan fingerprint density at radius 1 is 0.730 bits per heavy atom. The average Bonchev–Trinajstić information content (AvgIpc) is 2.83. The van der Waals surface area contributed by atoms with Gasteiger partial charge in [0.05, 0.1) is 0 Å². The highest BCUT2D eigenvalue weighted by atomic mass is 16.5. The molecule has 37 heavy (non-hydrogen) atoms. The minimum Gasteiger partial charge on any atom is -0.370 e. The highest BCUT2D eigenvalue weighted by Crippen LogP contribution is 2.12. The molecule has 0 saturated heterocycles. The lowest BCUT2D eigenvalue weighted by atomic mass is 9.96. The largest absolute Gasteiger partial charge is 0.370 e. The summed E-state index contributed by atoms with van der Waals surface area (Å²) in [5.74, 6) is -2.54. The number of nitrogens with one attached hydrogen (secondary N) is 3. The maximum atomic E-state index is 12.1. The van der Waals surface area contributed by atoms with Crippen molar-refractivity contribution in [3.8, 4) is 0 Å². The summed E-state index contributed by atoms with van der Waals surface area (Å²) in [7, 11) is 0. The highest BCUT2D eigenvalue weighted by molar-refractivity contribution is 5.83. The van der Waals surface area contributed by atoms with E-state index in [1.54, 1.807) is 0 Å². The quantitative estimate of drug-likeness (QED) is 0.0679. The number of hydrogen-bond donors (Lipinski definition) is 6. The molecule has 0 spiro atoms. The summed E-state index contributed by atoms with van der Waals surface area (Å²) in [6.07, 6.45) is 1.56. The molecule has 0 fully saturated rings. The number of carbonyl (C=O) groups excluding carboxylic acids is 5. The molecule has 0 aromatic carbocycles. The van der Waals surface area contributed by atoms with E-state index in [1.165, 1.54) is 0 Å². The molecule has 0 aliphatic rings. The van der Waals surface area contributed by atoms with Crippen LogP contribution in [0.4, 0.5) is 0 Å². The molecule has 0 aromatic rings. The summed E-state index contributed by atoms with van der Waals surface area (Å²) in [5.41, 5.74) is -0.0906. The van der Waals surface area contributed by atoms with E-state index in [4.69, 9.17) is 5.21 Å². The van der Waals surface area contributed by atoms with E-state index in [9.17, 15) is 34.4 Å². The molecule has 0 aliphatic carbocycles. The Hall–Kier alpha value is -3.23. The van der Waals surface area contributed by atoms with Crippen molar-refractivity contribution in [1.82, 2.24) is 31.1 Å². The number of rotatable bonds is 17. The minimum atomic E-state index is -0.751. The summed E-state index contributed by atoms with van der Waals surface area (Å²) in [6.45, 7) is 10.3. The summed E-state index contributed by atoms with van der Waals surface area (Å²) in [4.78, 5) is 58.2. The van der Waals surface area contributed by atoms with Crippen LogP contribution < -0.4 is 16.0 Å². The van der Waals surface area contributed by atoms with Crippen molar-refractivity contribution in [2.45, 2.75) is 72.6 Å². The van der Waals surface area contributed by atoms with Crippen LogP contribution in [-0.2, 0) is 24.0 Å². The number of nitrogens with zero attached hydrogens (tertiary/aromatic N) is 3. The maximum absolute atomic E-state index is 12.1. The van der Waals surface area contributed by atoms with Crippen LogP contribution in [-0.4, -0.2) is 86.8 Å². The Labute approximate surface area is 217 Å². The summed E-state index contributed by atoms with van der Waals surface area (Å²) >= 11 is 0. The van der Waals surface area contributed by atoms with Crippen molar-refractivity contribution in [3.05, 3.63) is 12.3 Å². The molecule has 5 amide bonds. The fourth-order valence-electron chi connectivity index (χ4n) is 2.62. The smallest absolute Gasteiger partial charge is 0.248 e. The Balaban J connectivity index is 4.02. The fraction of sp³-hybridized carbons (Fsp3) is 0.696. The Kier molecular flexibility index (Phi) is 15.8. The third-order valence-electron chi connectivity index (χ3n) is 5.06. The van der Waals surface area contributed by atoms with Gasteiger partial charge >= 0.3 is 0 Å². The van der Waals surface area contributed by atoms with E-state index < -0.39 is 35.7 Å². The van der Waals surface area contributed by atoms with Gasteiger partial charge < -0.3 is 16.0 Å². The molecule has 0 aromatic heterocycles. The Morgan fingerprint density at radius 2 is 1.30 bits per heavy atom. The normalized spacial score (nSPS) is 10.8. The second-order valence-corrected chi connectivity index (χ2v) is 9.49. The first-order chi connectivity index (χ1) is 17.1. The van der Waals surface area contributed by atoms with Crippen LogP contribution in [0.25, 0.3) is 0 Å². The number of hydrogen-bond acceptors (Lipinski definition) is 9. The van der Waals surface area contributed by atoms with Crippen LogP contribution in [0.2, 0.25) is 0 Å². The molecule has 6 N–H and O–H groups in total. The van der Waals surface area contributed by atoms with Crippen LogP contribution >= 0.6 is 0 Å². The van der Waals surface area contributed by atoms with Gasteiger partial charge in [-0.05, 0) is 25.7 Å². The predicted molar refractivity (Wildman–Crippen MR) is 131 cm³/mol. The predicted octanol–water partition coefficient (Wildman–Crippen LogP) is 0.687. The van der Waals surface area contributed by atoms with Crippen LogP contribution in [0.1, 0.15) is 72.6 Å². The van der Waals surface area contributed by atoms with E-state index in [0.717, 1.165) is 19.8 Å². The van der Waals surface area contributed by atoms with Crippen molar-refractivity contribution < 1.29 is 39.6 Å². The molecule has 0 heterocycles. The number of carbonyl (C=O) groups is 5. The van der Waals surface area contributed by atoms with Gasteiger partial charge in [-0.2, -0.15) is 0 Å². The molecule has 0 radical (unpaired) electrons. The molecule has 0 bridgehead atoms. The van der Waals surface area contributed by atoms with Crippen molar-refractivity contribution in [2.75, 3.05) is 26.4 Å². The van der Waals surface area contributed by atoms with Crippen molar-refractivity contribution in [1.29, 1.82) is 0 Å². The molecule has 14 nitrogen and oxygen atoms in total. The lowest BCUT2D eigenvalue weighted by Crippen LogP contribution is -2.39. The molecular weight excluding hydrogens is 488 g/mol. The second-order valence-electron chi connectivity index (χ2n) is 9.49. The second kappa shape index (κ2) is 17.3. The van der Waals surface area contributed by atoms with Crippen LogP contribution in [0.15, 0.2) is 12.3 Å². The van der Waals surface area contributed by atoms with Gasteiger partial charge in [0, 0.05) is 50.4 Å². The molecule has 0 aliphatic heterocycles. The first kappa shape index (κ1) is 33.8. The van der Waals surface area contributed by atoms with Gasteiger partial charge in [-0.3, -0.25) is 39.6 Å². The monoisotopic (exact) mass is 530 g/mol. The molecule has 14 heteroatoms. The van der Waals surface area contributed by atoms with Gasteiger partial charge in [-0.25, -0.2) is 15.2 Å². The summed E-state index contributed by atoms with van der Waals surface area (Å²) in [6, 6.07) is 0. The van der Waals surface area contributed by atoms with Gasteiger partial charge in [0.15, 0.2) is 0 Å². The molecule has 0 rings (SSSR count). The van der Waals surface area contributed by atoms with E-state index in [0.29, 0.717) is 33.9 Å². The zero-order chi connectivity index (χ0) is 28.6. The standard InChI is InChI=1S/C23H42N6O8/c1-17(25-15-29(37)21(33)12-10-19(31)26-16-28(36)18(2)30)9-11-20(32)27(35)14-8-6-7-13-24-22(34)23(3,4)5/h25,35-37H,1,6-16H2,2-5H3,(H,24,34)(H,26,31). The first-order valence-corrected chi connectivity index (χ1v) is 12.1. The van der Waals surface area contributed by atoms with Crippen molar-refractivity contribution >= 4 is 29.5 Å². The van der Waals surface area contributed by atoms with Crippen molar-refractivity contribution in [3.63, 3.8) is 0 Å². The SMILES string of the molecule is C=C(CCC(=O)N(O)CCCCCNC(=O)C(C)(C)C)NCN(O)C(=O)CCC(=O)NCN(O)C(C)=O. The van der Waals surface area contributed by atoms with Crippen LogP contribution in [0.3, 0.4) is 0 Å². The minimum absolute atomic E-state index is 0.0288. The highest BCUT2D eigenvalue weighted by Gasteiger charge is 2.20. The topological polar surface area (TPSA) is 192 Å². The third-order valence-corrected chi connectivity index (χ3v) is 5.06. The number of allylic oxidation sites excluding steroid dienone is 1. The van der Waals surface area contributed by atoms with Gasteiger partial charge in [-0.15, -0.1) is 0 Å². The van der Waals surface area contributed by atoms with Gasteiger partial charge in [0.25, 0.3) is 0 Å². The fourth-order valence-corrected chi connectivity index (χ4v) is 2.62. The Morgan fingerprint density at radius 3 is 1.89 bits per heavy atom. The van der Waals surface area contributed by atoms with Gasteiger partial charge in [0.1, 0.15) is 13.3 Å². The number of unbranched alkanes of at least 4 members (excludes halogenated alkanes) is 2. The molecular formula is C23H42N6O8. The average molecular weight is 531 g/mol. The van der Waals surface area contributed by atoms with Gasteiger partial charge in [0.2, 0.25) is 29.5 Å². The maximum Gasteiger partial charge on any atom is 0.248 e. The lowest BCUT2D eigenvalue weighted by molar-refractivity contribution is -0.168. The zero-order valence-corrected chi connectivity index (χ0v) is 22.2. The van der Waals surface area contributed by atoms with E-state index >= 15 is 0 Å². The van der Waals surface area contributed by atoms with Crippen molar-refractivity contribution in [2.24, 2.45) is 5.41 Å². The number of hydroxylamine groups is 6. The first-order valence-electron chi connectivity index (χ1n) is 12.1. The molecule has 0 unspecified atom stereocenters. The zero-order valence-electron chi connectivity index (χ0n) is 22.2. The van der Waals surface area contributed by atoms with E-state index in [-0.39, 0.29) is 44.8 Å².